The molecule has 1 atom stereocenters. The number of H-pyrrole nitrogens is 1. The summed E-state index contributed by atoms with van der Waals surface area (Å²) in [5, 5.41) is 22.5. The van der Waals surface area contributed by atoms with Crippen LogP contribution in [0.3, 0.4) is 0 Å². The zero-order chi connectivity index (χ0) is 15.7. The Kier molecular flexibility index (Phi) is 3.49. The first-order chi connectivity index (χ1) is 9.86. The molecule has 1 aromatic carbocycles. The van der Waals surface area contributed by atoms with Gasteiger partial charge < -0.3 is 5.11 Å². The number of nitrogens with zero attached hydrogens (tertiary/aromatic N) is 3. The number of aromatic amines is 1. The van der Waals surface area contributed by atoms with Crippen LogP contribution < -0.4 is 11.4 Å². The maximum absolute atomic E-state index is 12.2. The molecule has 0 saturated heterocycles. The fourth-order valence-electron chi connectivity index (χ4n) is 1.80. The van der Waals surface area contributed by atoms with Crippen molar-refractivity contribution in [3.63, 3.8) is 0 Å². The Balaban J connectivity index is 2.69. The summed E-state index contributed by atoms with van der Waals surface area (Å²) in [6, 6.07) is 2.79. The Bertz CT molecular complexity index is 829. The van der Waals surface area contributed by atoms with Crippen LogP contribution >= 0.6 is 0 Å². The summed E-state index contributed by atoms with van der Waals surface area (Å²) >= 11 is 0. The fraction of sp³-hybridized carbons (Fsp3) is 0.167. The summed E-state index contributed by atoms with van der Waals surface area (Å²) in [4.78, 5) is 34.0. The molecular formula is C12H12N4O5. The largest absolute Gasteiger partial charge is 0.502 e. The van der Waals surface area contributed by atoms with Gasteiger partial charge in [-0.15, -0.1) is 6.58 Å². The summed E-state index contributed by atoms with van der Waals surface area (Å²) < 4.78 is 1.79. The Morgan fingerprint density at radius 2 is 2.14 bits per heavy atom. The number of phenolic OH excluding ortho intramolecular Hbond substituents is 1. The van der Waals surface area contributed by atoms with Gasteiger partial charge in [0.1, 0.15) is 0 Å². The molecule has 0 unspecified atom stereocenters. The lowest BCUT2D eigenvalue weighted by Crippen LogP contribution is -2.28. The van der Waals surface area contributed by atoms with Crippen molar-refractivity contribution in [3.8, 4) is 11.4 Å². The second-order valence-electron chi connectivity index (χ2n) is 4.31. The molecular weight excluding hydrogens is 280 g/mol. The molecule has 0 aliphatic rings. The summed E-state index contributed by atoms with van der Waals surface area (Å²) in [5.74, 6) is -0.549. The molecule has 0 amide bonds. The Hall–Kier alpha value is -3.10. The summed E-state index contributed by atoms with van der Waals surface area (Å²) in [6.45, 7) is 5.17. The van der Waals surface area contributed by atoms with Gasteiger partial charge in [0.05, 0.1) is 16.7 Å². The van der Waals surface area contributed by atoms with E-state index in [1.54, 1.807) is 6.92 Å². The second-order valence-corrected chi connectivity index (χ2v) is 4.31. The molecule has 0 aliphatic carbocycles. The molecule has 0 bridgehead atoms. The normalized spacial score (nSPS) is 12.0. The number of nitro groups is 1. The number of nitro benzene ring substituents is 1. The lowest BCUT2D eigenvalue weighted by atomic mass is 10.2. The molecule has 2 aromatic rings. The average Bonchev–Trinajstić information content (AvgIpc) is 2.74. The average molecular weight is 292 g/mol. The first-order valence-electron chi connectivity index (χ1n) is 5.90. The van der Waals surface area contributed by atoms with Gasteiger partial charge in [0.15, 0.2) is 5.75 Å². The number of hydrogen-bond donors (Lipinski definition) is 2. The van der Waals surface area contributed by atoms with E-state index in [1.165, 1.54) is 12.1 Å². The molecule has 9 heteroatoms. The van der Waals surface area contributed by atoms with Crippen molar-refractivity contribution in [2.75, 3.05) is 0 Å². The Morgan fingerprint density at radius 3 is 2.71 bits per heavy atom. The lowest BCUT2D eigenvalue weighted by Gasteiger charge is -2.04. The number of rotatable bonds is 4. The summed E-state index contributed by atoms with van der Waals surface area (Å²) in [5.41, 5.74) is -2.04. The molecule has 0 saturated carbocycles. The van der Waals surface area contributed by atoms with Gasteiger partial charge in [0.25, 0.3) is 0 Å². The van der Waals surface area contributed by atoms with E-state index in [2.05, 4.69) is 11.7 Å². The van der Waals surface area contributed by atoms with Gasteiger partial charge in [-0.3, -0.25) is 10.1 Å². The zero-order valence-electron chi connectivity index (χ0n) is 11.0. The monoisotopic (exact) mass is 292 g/mol. The number of aromatic nitrogens is 3. The highest BCUT2D eigenvalue weighted by Gasteiger charge is 2.18. The minimum Gasteiger partial charge on any atom is -0.502 e. The van der Waals surface area contributed by atoms with Gasteiger partial charge in [-0.2, -0.15) is 0 Å². The maximum Gasteiger partial charge on any atom is 0.352 e. The highest BCUT2D eigenvalue weighted by atomic mass is 16.6. The van der Waals surface area contributed by atoms with Crippen LogP contribution in [0.15, 0.2) is 40.4 Å². The highest BCUT2D eigenvalue weighted by Crippen LogP contribution is 2.26. The van der Waals surface area contributed by atoms with Gasteiger partial charge in [0, 0.05) is 6.07 Å². The molecule has 110 valence electrons. The Morgan fingerprint density at radius 1 is 1.48 bits per heavy atom. The second kappa shape index (κ2) is 5.12. The summed E-state index contributed by atoms with van der Waals surface area (Å²) in [7, 11) is 0. The molecule has 2 N–H and O–H groups in total. The van der Waals surface area contributed by atoms with Gasteiger partial charge in [-0.25, -0.2) is 23.9 Å². The predicted molar refractivity (Wildman–Crippen MR) is 73.9 cm³/mol. The standard InChI is InChI=1S/C12H12N4O5/c1-3-7(2)15-12(19)14(11(18)13-15)8-4-5-10(17)9(6-8)16(20)21/h3-7,17H,1H2,2H3,(H,13,18)/t7-/m0/s1. The van der Waals surface area contributed by atoms with Crippen molar-refractivity contribution in [2.45, 2.75) is 13.0 Å². The number of phenols is 1. The summed E-state index contributed by atoms with van der Waals surface area (Å²) in [6.07, 6.45) is 1.46. The van der Waals surface area contributed by atoms with Gasteiger partial charge in [0.2, 0.25) is 0 Å². The number of aromatic hydroxyl groups is 1. The van der Waals surface area contributed by atoms with E-state index in [9.17, 15) is 24.8 Å². The smallest absolute Gasteiger partial charge is 0.352 e. The maximum atomic E-state index is 12.2. The molecule has 21 heavy (non-hydrogen) atoms. The third kappa shape index (κ3) is 2.36. The minimum absolute atomic E-state index is 0.0132. The van der Waals surface area contributed by atoms with Crippen LogP contribution in [0, 0.1) is 10.1 Å². The van der Waals surface area contributed by atoms with Crippen molar-refractivity contribution in [1.82, 2.24) is 14.3 Å². The van der Waals surface area contributed by atoms with E-state index in [0.717, 1.165) is 21.4 Å². The van der Waals surface area contributed by atoms with Crippen molar-refractivity contribution in [1.29, 1.82) is 0 Å². The van der Waals surface area contributed by atoms with Crippen molar-refractivity contribution in [2.24, 2.45) is 0 Å². The van der Waals surface area contributed by atoms with E-state index < -0.39 is 33.8 Å². The van der Waals surface area contributed by atoms with Gasteiger partial charge in [-0.1, -0.05) is 6.08 Å². The molecule has 9 nitrogen and oxygen atoms in total. The quantitative estimate of drug-likeness (QED) is 0.487. The van der Waals surface area contributed by atoms with Crippen LogP contribution in [0.4, 0.5) is 5.69 Å². The first-order valence-corrected chi connectivity index (χ1v) is 5.90. The molecule has 0 spiro atoms. The molecule has 1 heterocycles. The lowest BCUT2D eigenvalue weighted by molar-refractivity contribution is -0.385. The van der Waals surface area contributed by atoms with Crippen molar-refractivity contribution < 1.29 is 10.0 Å². The number of nitrogens with one attached hydrogen (secondary N) is 1. The van der Waals surface area contributed by atoms with Gasteiger partial charge >= 0.3 is 17.1 Å². The number of allylic oxidation sites excluding steroid dienone is 1. The van der Waals surface area contributed by atoms with Crippen LogP contribution in [0.25, 0.3) is 5.69 Å². The zero-order valence-corrected chi connectivity index (χ0v) is 11.0. The molecule has 0 radical (unpaired) electrons. The number of benzene rings is 1. The molecule has 2 rings (SSSR count). The molecule has 0 fully saturated rings. The van der Waals surface area contributed by atoms with E-state index >= 15 is 0 Å². The fourth-order valence-corrected chi connectivity index (χ4v) is 1.80. The number of hydrogen-bond acceptors (Lipinski definition) is 5. The topological polar surface area (TPSA) is 123 Å². The Labute approximate surface area is 117 Å². The van der Waals surface area contributed by atoms with Crippen LogP contribution in [-0.4, -0.2) is 24.4 Å². The van der Waals surface area contributed by atoms with Crippen LogP contribution in [-0.2, 0) is 0 Å². The highest BCUT2D eigenvalue weighted by molar-refractivity contribution is 5.52. The van der Waals surface area contributed by atoms with Crippen LogP contribution in [0.1, 0.15) is 13.0 Å². The van der Waals surface area contributed by atoms with E-state index in [1.807, 2.05) is 0 Å². The van der Waals surface area contributed by atoms with E-state index in [4.69, 9.17) is 0 Å². The van der Waals surface area contributed by atoms with Crippen molar-refractivity contribution >= 4 is 5.69 Å². The SMILES string of the molecule is C=C[C@H](C)n1[nH]c(=O)n(-c2ccc(O)c([N+](=O)[O-])c2)c1=O. The third-order valence-corrected chi connectivity index (χ3v) is 2.98. The molecule has 0 aliphatic heterocycles. The van der Waals surface area contributed by atoms with Crippen molar-refractivity contribution in [3.05, 3.63) is 61.9 Å². The molecule has 1 aromatic heterocycles. The van der Waals surface area contributed by atoms with Crippen LogP contribution in [0.5, 0.6) is 5.75 Å². The van der Waals surface area contributed by atoms with Gasteiger partial charge in [-0.05, 0) is 19.1 Å². The van der Waals surface area contributed by atoms with E-state index in [-0.39, 0.29) is 5.69 Å². The minimum atomic E-state index is -0.804. The van der Waals surface area contributed by atoms with E-state index in [0.29, 0.717) is 0 Å². The van der Waals surface area contributed by atoms with Crippen LogP contribution in [0.2, 0.25) is 0 Å². The first kappa shape index (κ1) is 14.3. The predicted octanol–water partition coefficient (Wildman–Crippen LogP) is 0.688. The third-order valence-electron chi connectivity index (χ3n) is 2.98.